The molecule has 1 aliphatic carbocycles. The fourth-order valence-electron chi connectivity index (χ4n) is 2.79. The van der Waals surface area contributed by atoms with Gasteiger partial charge in [-0.15, -0.1) is 0 Å². The minimum absolute atomic E-state index is 0.130. The van der Waals surface area contributed by atoms with E-state index >= 15 is 0 Å². The van der Waals surface area contributed by atoms with Gasteiger partial charge in [0.05, 0.1) is 0 Å². The van der Waals surface area contributed by atoms with Crippen molar-refractivity contribution in [2.24, 2.45) is 5.73 Å². The van der Waals surface area contributed by atoms with E-state index in [1.165, 1.54) is 11.6 Å². The first-order chi connectivity index (χ1) is 8.33. The number of benzene rings is 2. The van der Waals surface area contributed by atoms with Gasteiger partial charge in [-0.3, -0.25) is 0 Å². The normalized spacial score (nSPS) is 16.7. The Morgan fingerprint density at radius 1 is 1.00 bits per heavy atom. The van der Waals surface area contributed by atoms with Crippen molar-refractivity contribution >= 4 is 0 Å². The van der Waals surface area contributed by atoms with Crippen molar-refractivity contribution in [2.75, 3.05) is 6.54 Å². The fourth-order valence-corrected chi connectivity index (χ4v) is 2.79. The van der Waals surface area contributed by atoms with Gasteiger partial charge < -0.3 is 5.73 Å². The summed E-state index contributed by atoms with van der Waals surface area (Å²) in [6.07, 6.45) is 0.869. The maximum Gasteiger partial charge on any atom is 0.131 e. The first kappa shape index (κ1) is 10.5. The monoisotopic (exact) mass is 227 g/mol. The van der Waals surface area contributed by atoms with Crippen molar-refractivity contribution in [3.8, 4) is 11.1 Å². The second-order valence-corrected chi connectivity index (χ2v) is 4.42. The van der Waals surface area contributed by atoms with Crippen molar-refractivity contribution in [2.45, 2.75) is 12.3 Å². The molecule has 86 valence electrons. The predicted octanol–water partition coefficient (Wildman–Crippen LogP) is 3.29. The summed E-state index contributed by atoms with van der Waals surface area (Å²) < 4.78 is 14.0. The topological polar surface area (TPSA) is 26.0 Å². The van der Waals surface area contributed by atoms with Gasteiger partial charge in [0.25, 0.3) is 0 Å². The molecular weight excluding hydrogens is 213 g/mol. The van der Waals surface area contributed by atoms with Crippen LogP contribution < -0.4 is 5.73 Å². The van der Waals surface area contributed by atoms with E-state index in [4.69, 9.17) is 5.73 Å². The van der Waals surface area contributed by atoms with Gasteiger partial charge >= 0.3 is 0 Å². The zero-order valence-corrected chi connectivity index (χ0v) is 9.49. The minimum Gasteiger partial charge on any atom is -0.330 e. The summed E-state index contributed by atoms with van der Waals surface area (Å²) in [6.45, 7) is 0.620. The van der Waals surface area contributed by atoms with Gasteiger partial charge in [-0.25, -0.2) is 4.39 Å². The zero-order valence-electron chi connectivity index (χ0n) is 9.49. The van der Waals surface area contributed by atoms with E-state index in [1.54, 1.807) is 6.07 Å². The molecule has 0 saturated heterocycles. The number of halogens is 1. The van der Waals surface area contributed by atoms with Crippen LogP contribution in [0.5, 0.6) is 0 Å². The highest BCUT2D eigenvalue weighted by Crippen LogP contribution is 2.46. The van der Waals surface area contributed by atoms with E-state index in [-0.39, 0.29) is 11.7 Å². The number of nitrogens with two attached hydrogens (primary N) is 1. The Morgan fingerprint density at radius 2 is 1.76 bits per heavy atom. The van der Waals surface area contributed by atoms with Gasteiger partial charge in [0, 0.05) is 11.5 Å². The number of hydrogen-bond acceptors (Lipinski definition) is 1. The van der Waals surface area contributed by atoms with Gasteiger partial charge in [-0.1, -0.05) is 36.4 Å². The molecule has 2 N–H and O–H groups in total. The molecule has 1 unspecified atom stereocenters. The number of fused-ring (bicyclic) bond motifs is 3. The number of hydrogen-bond donors (Lipinski definition) is 1. The molecule has 17 heavy (non-hydrogen) atoms. The van der Waals surface area contributed by atoms with Crippen LogP contribution in [0, 0.1) is 5.82 Å². The molecule has 0 spiro atoms. The Kier molecular flexibility index (Phi) is 2.45. The molecular formula is C15H14FN. The Balaban J connectivity index is 2.26. The molecule has 0 aromatic heterocycles. The predicted molar refractivity (Wildman–Crippen MR) is 67.4 cm³/mol. The van der Waals surface area contributed by atoms with E-state index < -0.39 is 0 Å². The number of rotatable bonds is 2. The molecule has 0 bridgehead atoms. The van der Waals surface area contributed by atoms with E-state index in [2.05, 4.69) is 6.07 Å². The van der Waals surface area contributed by atoms with Gasteiger partial charge in [0.1, 0.15) is 5.82 Å². The Hall–Kier alpha value is -1.67. The van der Waals surface area contributed by atoms with Crippen LogP contribution in [0.15, 0.2) is 42.5 Å². The van der Waals surface area contributed by atoms with Crippen molar-refractivity contribution < 1.29 is 4.39 Å². The zero-order chi connectivity index (χ0) is 11.8. The van der Waals surface area contributed by atoms with Gasteiger partial charge in [-0.05, 0) is 35.7 Å². The highest BCUT2D eigenvalue weighted by atomic mass is 19.1. The van der Waals surface area contributed by atoms with Crippen LogP contribution in [0.3, 0.4) is 0 Å². The van der Waals surface area contributed by atoms with Crippen molar-refractivity contribution in [3.05, 3.63) is 59.4 Å². The van der Waals surface area contributed by atoms with Gasteiger partial charge in [-0.2, -0.15) is 0 Å². The molecule has 0 saturated carbocycles. The lowest BCUT2D eigenvalue weighted by Crippen LogP contribution is -2.06. The lowest BCUT2D eigenvalue weighted by molar-refractivity contribution is 0.629. The summed E-state index contributed by atoms with van der Waals surface area (Å²) in [5.74, 6) is 0.122. The third kappa shape index (κ3) is 1.48. The molecule has 1 atom stereocenters. The molecule has 0 aliphatic heterocycles. The van der Waals surface area contributed by atoms with Crippen molar-refractivity contribution in [3.63, 3.8) is 0 Å². The third-order valence-electron chi connectivity index (χ3n) is 3.48. The van der Waals surface area contributed by atoms with Crippen molar-refractivity contribution in [1.82, 2.24) is 0 Å². The van der Waals surface area contributed by atoms with Gasteiger partial charge in [0.2, 0.25) is 0 Å². The van der Waals surface area contributed by atoms with Crippen LogP contribution in [0.25, 0.3) is 11.1 Å². The second-order valence-electron chi connectivity index (χ2n) is 4.42. The van der Waals surface area contributed by atoms with Crippen LogP contribution in [0.4, 0.5) is 4.39 Å². The van der Waals surface area contributed by atoms with Crippen molar-refractivity contribution in [1.29, 1.82) is 0 Å². The Morgan fingerprint density at radius 3 is 2.59 bits per heavy atom. The summed E-state index contributed by atoms with van der Waals surface area (Å²) >= 11 is 0. The molecule has 0 heterocycles. The molecule has 0 radical (unpaired) electrons. The van der Waals surface area contributed by atoms with E-state index in [0.717, 1.165) is 23.1 Å². The quantitative estimate of drug-likeness (QED) is 0.837. The lowest BCUT2D eigenvalue weighted by atomic mass is 9.94. The van der Waals surface area contributed by atoms with E-state index in [0.29, 0.717) is 6.54 Å². The van der Waals surface area contributed by atoms with Crippen LogP contribution in [-0.4, -0.2) is 6.54 Å². The largest absolute Gasteiger partial charge is 0.330 e. The average Bonchev–Trinajstić information content (AvgIpc) is 2.66. The van der Waals surface area contributed by atoms with E-state index in [9.17, 15) is 4.39 Å². The SMILES string of the molecule is NCCC1c2ccccc2-c2c(F)cccc21. The highest BCUT2D eigenvalue weighted by molar-refractivity contribution is 5.79. The van der Waals surface area contributed by atoms with Crippen LogP contribution in [-0.2, 0) is 0 Å². The summed E-state index contributed by atoms with van der Waals surface area (Å²) in [5.41, 5.74) is 9.75. The summed E-state index contributed by atoms with van der Waals surface area (Å²) in [5, 5.41) is 0. The first-order valence-corrected chi connectivity index (χ1v) is 5.90. The maximum absolute atomic E-state index is 14.0. The summed E-state index contributed by atoms with van der Waals surface area (Å²) in [7, 11) is 0. The molecule has 0 amide bonds. The standard InChI is InChI=1S/C15H14FN/c16-14-7-3-6-13-11(8-9-17)10-4-1-2-5-12(10)15(13)14/h1-7,11H,8-9,17H2. The second kappa shape index (κ2) is 3.97. The molecule has 0 fully saturated rings. The first-order valence-electron chi connectivity index (χ1n) is 5.90. The van der Waals surface area contributed by atoms with Gasteiger partial charge in [0.15, 0.2) is 0 Å². The Labute approximate surface area is 100 Å². The average molecular weight is 227 g/mol. The van der Waals surface area contributed by atoms with Crippen LogP contribution in [0.2, 0.25) is 0 Å². The van der Waals surface area contributed by atoms with Crippen LogP contribution >= 0.6 is 0 Å². The molecule has 2 aromatic carbocycles. The molecule has 1 nitrogen and oxygen atoms in total. The maximum atomic E-state index is 14.0. The van der Waals surface area contributed by atoms with E-state index in [1.807, 2.05) is 24.3 Å². The lowest BCUT2D eigenvalue weighted by Gasteiger charge is -2.11. The molecule has 2 aromatic rings. The summed E-state index contributed by atoms with van der Waals surface area (Å²) in [6, 6.07) is 13.4. The minimum atomic E-state index is -0.130. The summed E-state index contributed by atoms with van der Waals surface area (Å²) in [4.78, 5) is 0. The Bertz CT molecular complexity index is 563. The highest BCUT2D eigenvalue weighted by Gasteiger charge is 2.29. The fraction of sp³-hybridized carbons (Fsp3) is 0.200. The smallest absolute Gasteiger partial charge is 0.131 e. The molecule has 2 heteroatoms. The molecule has 3 rings (SSSR count). The third-order valence-corrected chi connectivity index (χ3v) is 3.48. The van der Waals surface area contributed by atoms with Crippen LogP contribution in [0.1, 0.15) is 23.5 Å². The molecule has 1 aliphatic rings.